The maximum absolute atomic E-state index is 13.2. The Bertz CT molecular complexity index is 800. The van der Waals surface area contributed by atoms with Gasteiger partial charge in [0, 0.05) is 18.8 Å². The Morgan fingerprint density at radius 1 is 1.12 bits per heavy atom. The Labute approximate surface area is 193 Å². The summed E-state index contributed by atoms with van der Waals surface area (Å²) in [5.41, 5.74) is 0.635. The van der Waals surface area contributed by atoms with E-state index < -0.39 is 6.10 Å². The number of aliphatic hydroxyl groups excluding tert-OH is 1. The van der Waals surface area contributed by atoms with E-state index in [0.29, 0.717) is 57.0 Å². The molecule has 1 aromatic carbocycles. The standard InChI is InChI=1S/C23H33N3O7/c1-30-18-4-2-16(3-5-18)24-23(29)26-13-17(27)14-32-15-21-20(26)7-6-19(33-21)12-22(28)25-8-10-31-11-9-25/h2-5,17,19-21,27H,6-15H2,1H3,(H,24,29)/t17-,19-,20+,21-/m0/s1. The molecule has 10 heteroatoms. The van der Waals surface area contributed by atoms with Crippen molar-refractivity contribution in [3.63, 3.8) is 0 Å². The number of nitrogens with zero attached hydrogens (tertiary/aromatic N) is 2. The summed E-state index contributed by atoms with van der Waals surface area (Å²) < 4.78 is 22.4. The first-order chi connectivity index (χ1) is 16.0. The molecule has 3 amide bonds. The van der Waals surface area contributed by atoms with Gasteiger partial charge >= 0.3 is 6.03 Å². The summed E-state index contributed by atoms with van der Waals surface area (Å²) in [4.78, 5) is 29.3. The zero-order chi connectivity index (χ0) is 23.2. The van der Waals surface area contributed by atoms with Crippen molar-refractivity contribution >= 4 is 17.6 Å². The molecule has 0 radical (unpaired) electrons. The van der Waals surface area contributed by atoms with Crippen LogP contribution in [-0.4, -0.2) is 104 Å². The first kappa shape index (κ1) is 23.7. The molecule has 4 rings (SSSR count). The third kappa shape index (κ3) is 6.14. The van der Waals surface area contributed by atoms with E-state index in [-0.39, 0.29) is 49.9 Å². The topological polar surface area (TPSA) is 110 Å². The van der Waals surface area contributed by atoms with E-state index in [1.54, 1.807) is 36.3 Å². The number of carbonyl (C=O) groups excluding carboxylic acids is 2. The largest absolute Gasteiger partial charge is 0.497 e. The smallest absolute Gasteiger partial charge is 0.322 e. The molecule has 10 nitrogen and oxygen atoms in total. The normalized spacial score (nSPS) is 28.3. The maximum Gasteiger partial charge on any atom is 0.322 e. The van der Waals surface area contributed by atoms with Crippen molar-refractivity contribution in [3.8, 4) is 5.75 Å². The van der Waals surface area contributed by atoms with Crippen LogP contribution in [0.25, 0.3) is 0 Å². The number of nitrogens with one attached hydrogen (secondary N) is 1. The van der Waals surface area contributed by atoms with Crippen molar-refractivity contribution in [2.45, 2.75) is 43.6 Å². The minimum atomic E-state index is -0.784. The average molecular weight is 464 g/mol. The Morgan fingerprint density at radius 3 is 2.61 bits per heavy atom. The number of urea groups is 1. The van der Waals surface area contributed by atoms with Gasteiger partial charge in [-0.25, -0.2) is 4.79 Å². The highest BCUT2D eigenvalue weighted by atomic mass is 16.5. The molecule has 0 unspecified atom stereocenters. The van der Waals surface area contributed by atoms with Gasteiger partial charge in [-0.05, 0) is 37.1 Å². The maximum atomic E-state index is 13.2. The number of β-amino-alcohol motifs (C(OH)–C–C–N with tert-alkyl or cyclic N) is 1. The second-order valence-corrected chi connectivity index (χ2v) is 8.64. The number of methoxy groups -OCH3 is 1. The van der Waals surface area contributed by atoms with E-state index in [9.17, 15) is 14.7 Å². The van der Waals surface area contributed by atoms with E-state index >= 15 is 0 Å². The number of amides is 3. The minimum absolute atomic E-state index is 0.0676. The number of aliphatic hydroxyl groups is 1. The average Bonchev–Trinajstić information content (AvgIpc) is 2.83. The van der Waals surface area contributed by atoms with Crippen LogP contribution in [0.4, 0.5) is 10.5 Å². The van der Waals surface area contributed by atoms with Crippen LogP contribution in [0.15, 0.2) is 24.3 Å². The minimum Gasteiger partial charge on any atom is -0.497 e. The third-order valence-corrected chi connectivity index (χ3v) is 6.35. The summed E-state index contributed by atoms with van der Waals surface area (Å²) in [5.74, 6) is 0.767. The van der Waals surface area contributed by atoms with Crippen LogP contribution < -0.4 is 10.1 Å². The lowest BCUT2D eigenvalue weighted by molar-refractivity contribution is -0.156. The van der Waals surface area contributed by atoms with E-state index in [4.69, 9.17) is 18.9 Å². The van der Waals surface area contributed by atoms with E-state index in [1.165, 1.54) is 0 Å². The molecule has 0 aliphatic carbocycles. The lowest BCUT2D eigenvalue weighted by Crippen LogP contribution is -2.58. The number of anilines is 1. The molecule has 3 aliphatic heterocycles. The SMILES string of the molecule is COc1ccc(NC(=O)N2C[C@H](O)COC[C@@H]3O[C@H](CC(=O)N4CCOCC4)CC[C@H]32)cc1. The zero-order valence-corrected chi connectivity index (χ0v) is 19.0. The summed E-state index contributed by atoms with van der Waals surface area (Å²) in [7, 11) is 1.59. The number of carbonyl (C=O) groups is 2. The molecule has 182 valence electrons. The number of hydrogen-bond acceptors (Lipinski definition) is 7. The van der Waals surface area contributed by atoms with Gasteiger partial charge in [0.1, 0.15) is 11.9 Å². The van der Waals surface area contributed by atoms with E-state index in [0.717, 1.165) is 0 Å². The second-order valence-electron chi connectivity index (χ2n) is 8.64. The monoisotopic (exact) mass is 463 g/mol. The molecule has 3 heterocycles. The highest BCUT2D eigenvalue weighted by Gasteiger charge is 2.40. The molecule has 2 N–H and O–H groups in total. The van der Waals surface area contributed by atoms with Crippen molar-refractivity contribution in [2.75, 3.05) is 58.5 Å². The predicted octanol–water partition coefficient (Wildman–Crippen LogP) is 1.09. The molecule has 33 heavy (non-hydrogen) atoms. The summed E-state index contributed by atoms with van der Waals surface area (Å²) in [6.07, 6.45) is 0.256. The van der Waals surface area contributed by atoms with Crippen LogP contribution in [0, 0.1) is 0 Å². The Balaban J connectivity index is 1.40. The number of hydrogen-bond donors (Lipinski definition) is 2. The molecule has 4 atom stereocenters. The van der Waals surface area contributed by atoms with Gasteiger partial charge in [0.2, 0.25) is 5.91 Å². The van der Waals surface area contributed by atoms with Crippen molar-refractivity contribution in [1.82, 2.24) is 9.80 Å². The lowest BCUT2D eigenvalue weighted by atomic mass is 9.94. The summed E-state index contributed by atoms with van der Waals surface area (Å²) in [6.45, 7) is 2.87. The molecule has 0 aromatic heterocycles. The third-order valence-electron chi connectivity index (χ3n) is 6.35. The summed E-state index contributed by atoms with van der Waals surface area (Å²) in [5, 5.41) is 13.2. The fourth-order valence-corrected chi connectivity index (χ4v) is 4.58. The van der Waals surface area contributed by atoms with Crippen molar-refractivity contribution in [1.29, 1.82) is 0 Å². The van der Waals surface area contributed by atoms with Gasteiger partial charge in [-0.1, -0.05) is 0 Å². The molecule has 0 spiro atoms. The number of morpholine rings is 1. The zero-order valence-electron chi connectivity index (χ0n) is 19.0. The van der Waals surface area contributed by atoms with Gasteiger partial charge in [-0.15, -0.1) is 0 Å². The molecule has 0 bridgehead atoms. The summed E-state index contributed by atoms with van der Waals surface area (Å²) in [6, 6.07) is 6.52. The highest BCUT2D eigenvalue weighted by molar-refractivity contribution is 5.89. The number of benzene rings is 1. The van der Waals surface area contributed by atoms with E-state index in [2.05, 4.69) is 5.32 Å². The Morgan fingerprint density at radius 2 is 1.88 bits per heavy atom. The van der Waals surface area contributed by atoms with Crippen molar-refractivity contribution < 1.29 is 33.6 Å². The summed E-state index contributed by atoms with van der Waals surface area (Å²) >= 11 is 0. The van der Waals surface area contributed by atoms with Gasteiger partial charge in [0.15, 0.2) is 0 Å². The molecule has 3 fully saturated rings. The van der Waals surface area contributed by atoms with Gasteiger partial charge in [0.05, 0.1) is 64.8 Å². The number of fused-ring (bicyclic) bond motifs is 1. The lowest BCUT2D eigenvalue weighted by Gasteiger charge is -2.44. The van der Waals surface area contributed by atoms with Crippen LogP contribution in [0.1, 0.15) is 19.3 Å². The number of rotatable bonds is 4. The quantitative estimate of drug-likeness (QED) is 0.688. The molecular formula is C23H33N3O7. The van der Waals surface area contributed by atoms with Crippen molar-refractivity contribution in [2.24, 2.45) is 0 Å². The van der Waals surface area contributed by atoms with E-state index in [1.807, 2.05) is 4.90 Å². The Kier molecular flexibility index (Phi) is 8.02. The molecule has 3 aliphatic rings. The van der Waals surface area contributed by atoms with Crippen molar-refractivity contribution in [3.05, 3.63) is 24.3 Å². The second kappa shape index (κ2) is 11.1. The van der Waals surface area contributed by atoms with Crippen LogP contribution in [-0.2, 0) is 19.0 Å². The van der Waals surface area contributed by atoms with Crippen LogP contribution in [0.5, 0.6) is 5.75 Å². The molecule has 0 saturated carbocycles. The predicted molar refractivity (Wildman–Crippen MR) is 119 cm³/mol. The van der Waals surface area contributed by atoms with Crippen LogP contribution in [0.2, 0.25) is 0 Å². The fourth-order valence-electron chi connectivity index (χ4n) is 4.58. The molecular weight excluding hydrogens is 430 g/mol. The molecule has 1 aromatic rings. The van der Waals surface area contributed by atoms with Gasteiger partial charge in [-0.3, -0.25) is 4.79 Å². The first-order valence-corrected chi connectivity index (χ1v) is 11.5. The van der Waals surface area contributed by atoms with Crippen LogP contribution >= 0.6 is 0 Å². The Hall–Kier alpha value is -2.40. The van der Waals surface area contributed by atoms with Gasteiger partial charge in [0.25, 0.3) is 0 Å². The van der Waals surface area contributed by atoms with Gasteiger partial charge in [-0.2, -0.15) is 0 Å². The first-order valence-electron chi connectivity index (χ1n) is 11.5. The number of ether oxygens (including phenoxy) is 4. The van der Waals surface area contributed by atoms with Gasteiger partial charge < -0.3 is 39.2 Å². The van der Waals surface area contributed by atoms with Crippen LogP contribution in [0.3, 0.4) is 0 Å². The fraction of sp³-hybridized carbons (Fsp3) is 0.652. The highest BCUT2D eigenvalue weighted by Crippen LogP contribution is 2.29. The molecule has 3 saturated heterocycles.